The first-order valence-corrected chi connectivity index (χ1v) is 7.36. The summed E-state index contributed by atoms with van der Waals surface area (Å²) in [6, 6.07) is 3.65. The van der Waals surface area contributed by atoms with Crippen molar-refractivity contribution in [3.05, 3.63) is 22.7 Å². The van der Waals surface area contributed by atoms with E-state index in [0.717, 1.165) is 21.1 Å². The van der Waals surface area contributed by atoms with E-state index in [2.05, 4.69) is 4.98 Å². The quantitative estimate of drug-likeness (QED) is 0.881. The van der Waals surface area contributed by atoms with E-state index in [0.29, 0.717) is 17.2 Å². The maximum atomic E-state index is 11.1. The Labute approximate surface area is 132 Å². The molecule has 2 N–H and O–H groups in total. The van der Waals surface area contributed by atoms with Crippen LogP contribution in [0.3, 0.4) is 0 Å². The first-order chi connectivity index (χ1) is 10.5. The van der Waals surface area contributed by atoms with Crippen molar-refractivity contribution < 1.29 is 19.0 Å². The number of hydrogen-bond acceptors (Lipinski definition) is 6. The highest BCUT2D eigenvalue weighted by Gasteiger charge is 2.17. The predicted molar refractivity (Wildman–Crippen MR) is 84.8 cm³/mol. The molecule has 7 heteroatoms. The van der Waals surface area contributed by atoms with Crippen LogP contribution in [0.15, 0.2) is 12.1 Å². The van der Waals surface area contributed by atoms with Crippen molar-refractivity contribution in [1.29, 1.82) is 0 Å². The number of ether oxygens (including phenoxy) is 3. The van der Waals surface area contributed by atoms with Crippen LogP contribution < -0.4 is 19.9 Å². The average molecular weight is 322 g/mol. The second-order valence-corrected chi connectivity index (χ2v) is 5.67. The number of thiazole rings is 1. The van der Waals surface area contributed by atoms with Crippen molar-refractivity contribution >= 4 is 17.2 Å². The van der Waals surface area contributed by atoms with Gasteiger partial charge in [-0.15, -0.1) is 11.3 Å². The number of aryl methyl sites for hydroxylation is 1. The van der Waals surface area contributed by atoms with Crippen LogP contribution in [-0.2, 0) is 11.2 Å². The van der Waals surface area contributed by atoms with Gasteiger partial charge in [0.2, 0.25) is 11.7 Å². The summed E-state index contributed by atoms with van der Waals surface area (Å²) >= 11 is 1.43. The van der Waals surface area contributed by atoms with Gasteiger partial charge < -0.3 is 19.9 Å². The number of nitrogens with two attached hydrogens (primary N) is 1. The zero-order chi connectivity index (χ0) is 16.3. The topological polar surface area (TPSA) is 83.7 Å². The summed E-state index contributed by atoms with van der Waals surface area (Å²) in [6.07, 6.45) is 0.188. The van der Waals surface area contributed by atoms with E-state index in [4.69, 9.17) is 19.9 Å². The molecule has 1 aromatic heterocycles. The van der Waals surface area contributed by atoms with Crippen LogP contribution in [0.4, 0.5) is 0 Å². The van der Waals surface area contributed by atoms with E-state index in [9.17, 15) is 4.79 Å². The maximum Gasteiger partial charge on any atom is 0.222 e. The molecule has 0 aliphatic rings. The molecule has 0 saturated carbocycles. The van der Waals surface area contributed by atoms with Crippen LogP contribution in [0.25, 0.3) is 10.6 Å². The Kier molecular flexibility index (Phi) is 4.87. The normalized spacial score (nSPS) is 10.4. The van der Waals surface area contributed by atoms with Crippen LogP contribution in [0, 0.1) is 6.92 Å². The minimum atomic E-state index is -0.372. The third-order valence-corrected chi connectivity index (χ3v) is 4.35. The summed E-state index contributed by atoms with van der Waals surface area (Å²) in [5.74, 6) is 1.27. The fraction of sp³-hybridized carbons (Fsp3) is 0.333. The SMILES string of the molecule is COc1cc(-c2nc(C)c(CC(N)=O)s2)cc(OC)c1OC. The Morgan fingerprint density at radius 3 is 2.23 bits per heavy atom. The third kappa shape index (κ3) is 3.14. The number of rotatable bonds is 6. The molecule has 0 spiro atoms. The highest BCUT2D eigenvalue weighted by Crippen LogP contribution is 2.42. The molecule has 0 atom stereocenters. The zero-order valence-corrected chi connectivity index (χ0v) is 13.7. The summed E-state index contributed by atoms with van der Waals surface area (Å²) < 4.78 is 16.0. The van der Waals surface area contributed by atoms with E-state index in [1.807, 2.05) is 19.1 Å². The summed E-state index contributed by atoms with van der Waals surface area (Å²) in [4.78, 5) is 16.5. The van der Waals surface area contributed by atoms with Gasteiger partial charge in [-0.1, -0.05) is 0 Å². The lowest BCUT2D eigenvalue weighted by atomic mass is 10.2. The molecular formula is C15H18N2O4S. The smallest absolute Gasteiger partial charge is 0.222 e. The van der Waals surface area contributed by atoms with E-state index < -0.39 is 0 Å². The average Bonchev–Trinajstić information content (AvgIpc) is 2.86. The number of hydrogen-bond donors (Lipinski definition) is 1. The summed E-state index contributed by atoms with van der Waals surface area (Å²) in [6.45, 7) is 1.86. The van der Waals surface area contributed by atoms with E-state index in [1.165, 1.54) is 11.3 Å². The first-order valence-electron chi connectivity index (χ1n) is 6.55. The molecule has 0 radical (unpaired) electrons. The molecule has 2 rings (SSSR count). The highest BCUT2D eigenvalue weighted by molar-refractivity contribution is 7.15. The van der Waals surface area contributed by atoms with Crippen molar-refractivity contribution in [3.63, 3.8) is 0 Å². The fourth-order valence-electron chi connectivity index (χ4n) is 2.08. The van der Waals surface area contributed by atoms with Gasteiger partial charge in [-0.05, 0) is 19.1 Å². The number of aromatic nitrogens is 1. The van der Waals surface area contributed by atoms with Gasteiger partial charge >= 0.3 is 0 Å². The summed E-state index contributed by atoms with van der Waals surface area (Å²) in [5, 5.41) is 0.771. The number of primary amides is 1. The zero-order valence-electron chi connectivity index (χ0n) is 12.9. The number of carbonyl (C=O) groups excluding carboxylic acids is 1. The van der Waals surface area contributed by atoms with Gasteiger partial charge in [-0.25, -0.2) is 4.98 Å². The van der Waals surface area contributed by atoms with E-state index in [1.54, 1.807) is 21.3 Å². The lowest BCUT2D eigenvalue weighted by Crippen LogP contribution is -2.13. The molecule has 0 fully saturated rings. The van der Waals surface area contributed by atoms with Gasteiger partial charge in [-0.2, -0.15) is 0 Å². The number of carbonyl (C=O) groups is 1. The molecule has 0 unspecified atom stereocenters. The number of amides is 1. The Hall–Kier alpha value is -2.28. The molecule has 1 aromatic carbocycles. The second-order valence-electron chi connectivity index (χ2n) is 4.58. The summed E-state index contributed by atoms with van der Waals surface area (Å²) in [7, 11) is 4.68. The van der Waals surface area contributed by atoms with Gasteiger partial charge in [0.25, 0.3) is 0 Å². The van der Waals surface area contributed by atoms with Crippen LogP contribution in [0.2, 0.25) is 0 Å². The van der Waals surface area contributed by atoms with E-state index in [-0.39, 0.29) is 12.3 Å². The van der Waals surface area contributed by atoms with Crippen molar-refractivity contribution in [2.24, 2.45) is 5.73 Å². The van der Waals surface area contributed by atoms with Crippen molar-refractivity contribution in [2.45, 2.75) is 13.3 Å². The van der Waals surface area contributed by atoms with Crippen LogP contribution >= 0.6 is 11.3 Å². The van der Waals surface area contributed by atoms with Gasteiger partial charge in [0.1, 0.15) is 5.01 Å². The van der Waals surface area contributed by atoms with Gasteiger partial charge in [0.05, 0.1) is 33.4 Å². The fourth-order valence-corrected chi connectivity index (χ4v) is 3.14. The highest BCUT2D eigenvalue weighted by atomic mass is 32.1. The van der Waals surface area contributed by atoms with Crippen molar-refractivity contribution in [3.8, 4) is 27.8 Å². The minimum Gasteiger partial charge on any atom is -0.493 e. The molecule has 22 heavy (non-hydrogen) atoms. The molecular weight excluding hydrogens is 304 g/mol. The number of nitrogens with zero attached hydrogens (tertiary/aromatic N) is 1. The summed E-state index contributed by atoms with van der Waals surface area (Å²) in [5.41, 5.74) is 6.88. The molecule has 0 saturated heterocycles. The molecule has 0 aliphatic carbocycles. The van der Waals surface area contributed by atoms with Crippen molar-refractivity contribution in [2.75, 3.05) is 21.3 Å². The second kappa shape index (κ2) is 6.65. The van der Waals surface area contributed by atoms with Crippen LogP contribution in [0.1, 0.15) is 10.6 Å². The Morgan fingerprint density at radius 2 is 1.77 bits per heavy atom. The Balaban J connectivity index is 2.51. The lowest BCUT2D eigenvalue weighted by molar-refractivity contribution is -0.117. The third-order valence-electron chi connectivity index (χ3n) is 3.14. The number of methoxy groups -OCH3 is 3. The largest absolute Gasteiger partial charge is 0.493 e. The molecule has 1 amide bonds. The molecule has 118 valence electrons. The standard InChI is InChI=1S/C15H18N2O4S/c1-8-12(7-13(16)18)22-15(17-8)9-5-10(19-2)14(21-4)11(6-9)20-3/h5-6H,7H2,1-4H3,(H2,16,18). The molecule has 1 heterocycles. The van der Waals surface area contributed by atoms with Crippen molar-refractivity contribution in [1.82, 2.24) is 4.98 Å². The Bertz CT molecular complexity index is 672. The molecule has 0 bridgehead atoms. The van der Waals surface area contributed by atoms with E-state index >= 15 is 0 Å². The maximum absolute atomic E-state index is 11.1. The minimum absolute atomic E-state index is 0.188. The predicted octanol–water partition coefficient (Wildman–Crippen LogP) is 2.17. The first kappa shape index (κ1) is 16.1. The molecule has 2 aromatic rings. The van der Waals surface area contributed by atoms with Gasteiger partial charge in [-0.3, -0.25) is 4.79 Å². The molecule has 6 nitrogen and oxygen atoms in total. The van der Waals surface area contributed by atoms with Gasteiger partial charge in [0.15, 0.2) is 11.5 Å². The monoisotopic (exact) mass is 322 g/mol. The van der Waals surface area contributed by atoms with Crippen LogP contribution in [0.5, 0.6) is 17.2 Å². The lowest BCUT2D eigenvalue weighted by Gasteiger charge is -2.13. The Morgan fingerprint density at radius 1 is 1.18 bits per heavy atom. The van der Waals surface area contributed by atoms with Gasteiger partial charge in [0, 0.05) is 10.4 Å². The molecule has 0 aliphatic heterocycles. The number of benzene rings is 1. The van der Waals surface area contributed by atoms with Crippen LogP contribution in [-0.4, -0.2) is 32.2 Å².